The molecule has 0 spiro atoms. The Kier molecular flexibility index (Phi) is 11.5. The summed E-state index contributed by atoms with van der Waals surface area (Å²) in [5.41, 5.74) is 1.07. The molecule has 0 bridgehead atoms. The van der Waals surface area contributed by atoms with Crippen molar-refractivity contribution in [2.45, 2.75) is 19.9 Å². The molecule has 0 aliphatic rings. The number of carbonyl (C=O) groups is 1. The van der Waals surface area contributed by atoms with Gasteiger partial charge in [0.05, 0.1) is 19.2 Å². The van der Waals surface area contributed by atoms with Crippen LogP contribution in [-0.2, 0) is 9.53 Å². The van der Waals surface area contributed by atoms with Gasteiger partial charge in [-0.1, -0.05) is 43.6 Å². The van der Waals surface area contributed by atoms with E-state index in [0.717, 1.165) is 23.7 Å². The molecule has 0 fully saturated rings. The molecule has 0 saturated carbocycles. The summed E-state index contributed by atoms with van der Waals surface area (Å²) in [6.07, 6.45) is 0. The van der Waals surface area contributed by atoms with Crippen molar-refractivity contribution in [2.75, 3.05) is 53.5 Å². The topological polar surface area (TPSA) is 78.0 Å². The van der Waals surface area contributed by atoms with Crippen LogP contribution in [0.3, 0.4) is 0 Å². The Bertz CT molecular complexity index is 593. The van der Waals surface area contributed by atoms with Crippen LogP contribution in [-0.4, -0.2) is 70.3 Å². The predicted octanol–water partition coefficient (Wildman–Crippen LogP) is 1.65. The Hall–Kier alpha value is -1.83. The summed E-state index contributed by atoms with van der Waals surface area (Å²) in [5.74, 6) is 0.461. The number of amides is 1. The molecule has 27 heavy (non-hydrogen) atoms. The summed E-state index contributed by atoms with van der Waals surface area (Å²) in [4.78, 5) is 18.3. The predicted molar refractivity (Wildman–Crippen MR) is 111 cm³/mol. The zero-order valence-electron chi connectivity index (χ0n) is 16.7. The van der Waals surface area contributed by atoms with E-state index in [2.05, 4.69) is 39.7 Å². The molecule has 0 aromatic heterocycles. The Balaban J connectivity index is 2.67. The second-order valence-electron chi connectivity index (χ2n) is 5.91. The van der Waals surface area contributed by atoms with Gasteiger partial charge in [0, 0.05) is 32.3 Å². The SMILES string of the molecule is CCN(CC)C(CNC(=NC)NCC(=O)NCCOC)c1ccccc1Cl. The maximum absolute atomic E-state index is 11.8. The van der Waals surface area contributed by atoms with Gasteiger partial charge in [0.25, 0.3) is 0 Å². The first-order valence-electron chi connectivity index (χ1n) is 9.25. The van der Waals surface area contributed by atoms with Gasteiger partial charge in [-0.3, -0.25) is 14.7 Å². The van der Waals surface area contributed by atoms with E-state index in [-0.39, 0.29) is 18.5 Å². The largest absolute Gasteiger partial charge is 0.383 e. The van der Waals surface area contributed by atoms with Gasteiger partial charge in [-0.15, -0.1) is 0 Å². The molecule has 1 aromatic carbocycles. The van der Waals surface area contributed by atoms with Crippen LogP contribution in [0.2, 0.25) is 5.02 Å². The molecule has 8 heteroatoms. The molecular formula is C19H32ClN5O2. The fourth-order valence-electron chi connectivity index (χ4n) is 2.78. The Labute approximate surface area is 167 Å². The zero-order chi connectivity index (χ0) is 20.1. The molecule has 0 aliphatic heterocycles. The molecule has 0 saturated heterocycles. The lowest BCUT2D eigenvalue weighted by Gasteiger charge is -2.31. The monoisotopic (exact) mass is 397 g/mol. The van der Waals surface area contributed by atoms with Crippen LogP contribution >= 0.6 is 11.6 Å². The number of guanidine groups is 1. The van der Waals surface area contributed by atoms with E-state index >= 15 is 0 Å². The van der Waals surface area contributed by atoms with Crippen LogP contribution in [0, 0.1) is 0 Å². The number of nitrogens with zero attached hydrogens (tertiary/aromatic N) is 2. The van der Waals surface area contributed by atoms with E-state index < -0.39 is 0 Å². The first-order chi connectivity index (χ1) is 13.1. The summed E-state index contributed by atoms with van der Waals surface area (Å²) in [6, 6.07) is 7.98. The molecule has 1 unspecified atom stereocenters. The molecule has 1 amide bonds. The smallest absolute Gasteiger partial charge is 0.239 e. The number of methoxy groups -OCH3 is 1. The molecule has 1 atom stereocenters. The second-order valence-corrected chi connectivity index (χ2v) is 6.32. The van der Waals surface area contributed by atoms with Crippen molar-refractivity contribution in [1.29, 1.82) is 0 Å². The first-order valence-corrected chi connectivity index (χ1v) is 9.63. The van der Waals surface area contributed by atoms with Gasteiger partial charge in [-0.05, 0) is 24.7 Å². The van der Waals surface area contributed by atoms with Crippen LogP contribution in [0.1, 0.15) is 25.5 Å². The number of halogens is 1. The van der Waals surface area contributed by atoms with E-state index in [0.29, 0.717) is 25.7 Å². The number of likely N-dealkylation sites (N-methyl/N-ethyl adjacent to an activating group) is 1. The molecule has 7 nitrogen and oxygen atoms in total. The highest BCUT2D eigenvalue weighted by Crippen LogP contribution is 2.26. The first kappa shape index (κ1) is 23.2. The standard InChI is InChI=1S/C19H32ClN5O2/c1-5-25(6-2)17(15-9-7-8-10-16(15)20)13-23-19(21-3)24-14-18(26)22-11-12-27-4/h7-10,17H,5-6,11-14H2,1-4H3,(H,22,26)(H2,21,23,24). The number of carbonyl (C=O) groups excluding carboxylic acids is 1. The van der Waals surface area contributed by atoms with Crippen molar-refractivity contribution < 1.29 is 9.53 Å². The number of hydrogen-bond donors (Lipinski definition) is 3. The quantitative estimate of drug-likeness (QED) is 0.300. The van der Waals surface area contributed by atoms with Crippen molar-refractivity contribution >= 4 is 23.5 Å². The van der Waals surface area contributed by atoms with E-state index in [9.17, 15) is 4.79 Å². The highest BCUT2D eigenvalue weighted by atomic mass is 35.5. The third kappa shape index (κ3) is 8.15. The minimum atomic E-state index is -0.110. The van der Waals surface area contributed by atoms with Crippen LogP contribution in [0.15, 0.2) is 29.3 Å². The molecule has 1 aromatic rings. The highest BCUT2D eigenvalue weighted by molar-refractivity contribution is 6.31. The molecule has 0 aliphatic carbocycles. The lowest BCUT2D eigenvalue weighted by Crippen LogP contribution is -2.46. The van der Waals surface area contributed by atoms with E-state index in [4.69, 9.17) is 16.3 Å². The Morgan fingerprint density at radius 2 is 1.93 bits per heavy atom. The molecule has 3 N–H and O–H groups in total. The van der Waals surface area contributed by atoms with Crippen LogP contribution in [0.25, 0.3) is 0 Å². The molecule has 152 valence electrons. The molecule has 0 radical (unpaired) electrons. The highest BCUT2D eigenvalue weighted by Gasteiger charge is 2.20. The normalized spacial score (nSPS) is 12.7. The maximum atomic E-state index is 11.8. The maximum Gasteiger partial charge on any atom is 0.239 e. The van der Waals surface area contributed by atoms with E-state index in [1.165, 1.54) is 0 Å². The number of benzene rings is 1. The van der Waals surface area contributed by atoms with Gasteiger partial charge in [0.1, 0.15) is 0 Å². The van der Waals surface area contributed by atoms with Gasteiger partial charge >= 0.3 is 0 Å². The average molecular weight is 398 g/mol. The third-order valence-corrected chi connectivity index (χ3v) is 4.59. The summed E-state index contributed by atoms with van der Waals surface area (Å²) < 4.78 is 4.91. The molecule has 1 rings (SSSR count). The van der Waals surface area contributed by atoms with Crippen molar-refractivity contribution in [1.82, 2.24) is 20.9 Å². The number of hydrogen-bond acceptors (Lipinski definition) is 4. The number of aliphatic imine (C=N–C) groups is 1. The lowest BCUT2D eigenvalue weighted by molar-refractivity contribution is -0.120. The number of ether oxygens (including phenoxy) is 1. The zero-order valence-corrected chi connectivity index (χ0v) is 17.5. The molecular weight excluding hydrogens is 366 g/mol. The van der Waals surface area contributed by atoms with Gasteiger partial charge in [0.2, 0.25) is 5.91 Å². The fraction of sp³-hybridized carbons (Fsp3) is 0.579. The molecule has 0 heterocycles. The minimum absolute atomic E-state index is 0.0998. The summed E-state index contributed by atoms with van der Waals surface area (Å²) in [5, 5.41) is 9.84. The van der Waals surface area contributed by atoms with Gasteiger partial charge in [-0.2, -0.15) is 0 Å². The van der Waals surface area contributed by atoms with Crippen LogP contribution < -0.4 is 16.0 Å². The Morgan fingerprint density at radius 1 is 1.22 bits per heavy atom. The van der Waals surface area contributed by atoms with Gasteiger partial charge in [-0.25, -0.2) is 0 Å². The van der Waals surface area contributed by atoms with Crippen molar-refractivity contribution in [2.24, 2.45) is 4.99 Å². The van der Waals surface area contributed by atoms with Crippen LogP contribution in [0.4, 0.5) is 0 Å². The van der Waals surface area contributed by atoms with Crippen molar-refractivity contribution in [3.05, 3.63) is 34.9 Å². The average Bonchev–Trinajstić information content (AvgIpc) is 2.68. The summed E-state index contributed by atoms with van der Waals surface area (Å²) in [6.45, 7) is 7.81. The number of nitrogens with one attached hydrogen (secondary N) is 3. The van der Waals surface area contributed by atoms with Gasteiger partial charge in [0.15, 0.2) is 5.96 Å². The van der Waals surface area contributed by atoms with E-state index in [1.807, 2.05) is 24.3 Å². The van der Waals surface area contributed by atoms with E-state index in [1.54, 1.807) is 14.2 Å². The Morgan fingerprint density at radius 3 is 2.52 bits per heavy atom. The minimum Gasteiger partial charge on any atom is -0.383 e. The fourth-order valence-corrected chi connectivity index (χ4v) is 3.04. The number of rotatable bonds is 11. The second kappa shape index (κ2) is 13.4. The van der Waals surface area contributed by atoms with Crippen LogP contribution in [0.5, 0.6) is 0 Å². The van der Waals surface area contributed by atoms with Crippen molar-refractivity contribution in [3.8, 4) is 0 Å². The van der Waals surface area contributed by atoms with Crippen molar-refractivity contribution in [3.63, 3.8) is 0 Å². The summed E-state index contributed by atoms with van der Waals surface area (Å²) in [7, 11) is 3.28. The lowest BCUT2D eigenvalue weighted by atomic mass is 10.0. The van der Waals surface area contributed by atoms with Gasteiger partial charge < -0.3 is 20.7 Å². The third-order valence-electron chi connectivity index (χ3n) is 4.25. The summed E-state index contributed by atoms with van der Waals surface area (Å²) >= 11 is 6.43.